The van der Waals surface area contributed by atoms with Crippen LogP contribution in [0.5, 0.6) is 0 Å². The standard InChI is InChI=1S/C16H21N7O/c1-3-23-6-7-24-13(15(23)16-19-4-5-22(16)2)10-20-14-11-18-9-12(8-17)21-14/h4-5,9,11,13,15H,3,6-7,10H2,1-2H3,(H,20,21)/t13-,15+/m0/s1. The van der Waals surface area contributed by atoms with E-state index in [4.69, 9.17) is 10.00 Å². The Labute approximate surface area is 141 Å². The largest absolute Gasteiger partial charge is 0.373 e. The van der Waals surface area contributed by atoms with Gasteiger partial charge in [0.1, 0.15) is 17.7 Å². The second-order valence-electron chi connectivity index (χ2n) is 5.66. The second kappa shape index (κ2) is 7.38. The third kappa shape index (κ3) is 3.37. The van der Waals surface area contributed by atoms with Crippen molar-refractivity contribution in [3.63, 3.8) is 0 Å². The van der Waals surface area contributed by atoms with E-state index in [0.717, 1.165) is 18.9 Å². The number of rotatable bonds is 5. The van der Waals surface area contributed by atoms with Crippen molar-refractivity contribution in [1.82, 2.24) is 24.4 Å². The van der Waals surface area contributed by atoms with Crippen molar-refractivity contribution in [1.29, 1.82) is 5.26 Å². The van der Waals surface area contributed by atoms with Crippen molar-refractivity contribution in [2.45, 2.75) is 19.1 Å². The van der Waals surface area contributed by atoms with Gasteiger partial charge in [-0.15, -0.1) is 0 Å². The van der Waals surface area contributed by atoms with Gasteiger partial charge in [0.2, 0.25) is 0 Å². The molecule has 3 heterocycles. The van der Waals surface area contributed by atoms with Gasteiger partial charge in [0.05, 0.1) is 31.1 Å². The third-order valence-corrected chi connectivity index (χ3v) is 4.22. The maximum atomic E-state index is 8.92. The van der Waals surface area contributed by atoms with Crippen LogP contribution in [0.25, 0.3) is 0 Å². The van der Waals surface area contributed by atoms with Crippen LogP contribution in [-0.2, 0) is 11.8 Å². The van der Waals surface area contributed by atoms with E-state index in [1.54, 1.807) is 6.20 Å². The molecule has 2 aromatic heterocycles. The van der Waals surface area contributed by atoms with E-state index in [1.807, 2.05) is 30.1 Å². The molecular formula is C16H21N7O. The number of hydrogen-bond donors (Lipinski definition) is 1. The molecule has 1 fully saturated rings. The van der Waals surface area contributed by atoms with E-state index in [2.05, 4.69) is 32.1 Å². The molecule has 2 atom stereocenters. The highest BCUT2D eigenvalue weighted by Gasteiger charge is 2.35. The van der Waals surface area contributed by atoms with Gasteiger partial charge in [-0.1, -0.05) is 6.92 Å². The van der Waals surface area contributed by atoms with Gasteiger partial charge in [-0.3, -0.25) is 9.88 Å². The highest BCUT2D eigenvalue weighted by molar-refractivity contribution is 5.35. The van der Waals surface area contributed by atoms with E-state index in [0.29, 0.717) is 24.7 Å². The SMILES string of the molecule is CCN1CCO[C@@H](CNc2cncc(C#N)n2)[C@@H]1c1nccn1C. The molecule has 1 saturated heterocycles. The molecule has 0 aliphatic carbocycles. The first-order valence-electron chi connectivity index (χ1n) is 8.01. The van der Waals surface area contributed by atoms with Gasteiger partial charge >= 0.3 is 0 Å². The number of likely N-dealkylation sites (N-methyl/N-ethyl adjacent to an activating group) is 1. The second-order valence-corrected chi connectivity index (χ2v) is 5.66. The topological polar surface area (TPSA) is 91.9 Å². The lowest BCUT2D eigenvalue weighted by molar-refractivity contribution is -0.0675. The van der Waals surface area contributed by atoms with Crippen molar-refractivity contribution >= 4 is 5.82 Å². The third-order valence-electron chi connectivity index (χ3n) is 4.22. The number of aromatic nitrogens is 4. The average Bonchev–Trinajstić information content (AvgIpc) is 3.05. The van der Waals surface area contributed by atoms with Crippen LogP contribution < -0.4 is 5.32 Å². The van der Waals surface area contributed by atoms with Crippen LogP contribution >= 0.6 is 0 Å². The molecule has 126 valence electrons. The summed E-state index contributed by atoms with van der Waals surface area (Å²) >= 11 is 0. The minimum Gasteiger partial charge on any atom is -0.373 e. The molecule has 8 nitrogen and oxygen atoms in total. The van der Waals surface area contributed by atoms with Crippen molar-refractivity contribution < 1.29 is 4.74 Å². The summed E-state index contributed by atoms with van der Waals surface area (Å²) in [6.45, 7) is 5.21. The molecule has 0 saturated carbocycles. The molecule has 0 unspecified atom stereocenters. The van der Waals surface area contributed by atoms with Crippen LogP contribution in [0, 0.1) is 11.3 Å². The fourth-order valence-corrected chi connectivity index (χ4v) is 3.01. The Hall–Kier alpha value is -2.50. The zero-order valence-electron chi connectivity index (χ0n) is 13.9. The molecule has 0 amide bonds. The number of hydrogen-bond acceptors (Lipinski definition) is 7. The quantitative estimate of drug-likeness (QED) is 0.874. The number of nitrogens with one attached hydrogen (secondary N) is 1. The Morgan fingerprint density at radius 1 is 1.46 bits per heavy atom. The minimum atomic E-state index is -0.0626. The van der Waals surface area contributed by atoms with Crippen molar-refractivity contribution in [3.05, 3.63) is 36.3 Å². The fourth-order valence-electron chi connectivity index (χ4n) is 3.01. The van der Waals surface area contributed by atoms with E-state index in [9.17, 15) is 0 Å². The number of ether oxygens (including phenoxy) is 1. The summed E-state index contributed by atoms with van der Waals surface area (Å²) in [7, 11) is 2.00. The van der Waals surface area contributed by atoms with Crippen LogP contribution in [-0.4, -0.2) is 56.8 Å². The monoisotopic (exact) mass is 327 g/mol. The predicted octanol–water partition coefficient (Wildman–Crippen LogP) is 0.956. The molecule has 2 aromatic rings. The Kier molecular flexibility index (Phi) is 5.03. The van der Waals surface area contributed by atoms with Gasteiger partial charge in [-0.05, 0) is 6.54 Å². The van der Waals surface area contributed by atoms with Crippen LogP contribution in [0.1, 0.15) is 24.5 Å². The molecule has 24 heavy (non-hydrogen) atoms. The Morgan fingerprint density at radius 3 is 3.04 bits per heavy atom. The summed E-state index contributed by atoms with van der Waals surface area (Å²) in [5, 5.41) is 12.2. The number of imidazole rings is 1. The van der Waals surface area contributed by atoms with E-state index in [1.165, 1.54) is 6.20 Å². The summed E-state index contributed by atoms with van der Waals surface area (Å²) in [5.74, 6) is 1.56. The van der Waals surface area contributed by atoms with Gasteiger partial charge in [0, 0.05) is 32.5 Å². The average molecular weight is 327 g/mol. The Bertz CT molecular complexity index is 723. The predicted molar refractivity (Wildman–Crippen MR) is 88.2 cm³/mol. The molecule has 0 radical (unpaired) electrons. The summed E-state index contributed by atoms with van der Waals surface area (Å²) in [5.41, 5.74) is 0.292. The zero-order valence-corrected chi connectivity index (χ0v) is 13.9. The van der Waals surface area contributed by atoms with Crippen LogP contribution in [0.15, 0.2) is 24.8 Å². The Balaban J connectivity index is 1.76. The highest BCUT2D eigenvalue weighted by Crippen LogP contribution is 2.28. The molecule has 3 rings (SSSR count). The molecule has 1 N–H and O–H groups in total. The summed E-state index contributed by atoms with van der Waals surface area (Å²) < 4.78 is 8.04. The first-order valence-corrected chi connectivity index (χ1v) is 8.01. The molecular weight excluding hydrogens is 306 g/mol. The fraction of sp³-hybridized carbons (Fsp3) is 0.500. The number of anilines is 1. The van der Waals surface area contributed by atoms with Crippen LogP contribution in [0.3, 0.4) is 0 Å². The lowest BCUT2D eigenvalue weighted by Crippen LogP contribution is -2.48. The number of nitriles is 1. The van der Waals surface area contributed by atoms with Gasteiger partial charge < -0.3 is 14.6 Å². The van der Waals surface area contributed by atoms with Crippen LogP contribution in [0.4, 0.5) is 5.82 Å². The number of nitrogens with zero attached hydrogens (tertiary/aromatic N) is 6. The van der Waals surface area contributed by atoms with Gasteiger partial charge in [-0.2, -0.15) is 5.26 Å². The van der Waals surface area contributed by atoms with Gasteiger partial charge in [0.25, 0.3) is 0 Å². The summed E-state index contributed by atoms with van der Waals surface area (Å²) in [6, 6.07) is 2.07. The zero-order chi connectivity index (χ0) is 16.9. The van der Waals surface area contributed by atoms with E-state index >= 15 is 0 Å². The van der Waals surface area contributed by atoms with Crippen molar-refractivity contribution in [2.75, 3.05) is 31.6 Å². The highest BCUT2D eigenvalue weighted by atomic mass is 16.5. The summed E-state index contributed by atoms with van der Waals surface area (Å²) in [4.78, 5) is 15.1. The molecule has 1 aliphatic heterocycles. The lowest BCUT2D eigenvalue weighted by Gasteiger charge is -2.40. The Morgan fingerprint density at radius 2 is 2.33 bits per heavy atom. The minimum absolute atomic E-state index is 0.0626. The van der Waals surface area contributed by atoms with Gasteiger partial charge in [0.15, 0.2) is 5.69 Å². The maximum absolute atomic E-state index is 8.92. The smallest absolute Gasteiger partial charge is 0.161 e. The molecule has 0 bridgehead atoms. The number of aryl methyl sites for hydroxylation is 1. The molecule has 0 aromatic carbocycles. The lowest BCUT2D eigenvalue weighted by atomic mass is 10.1. The van der Waals surface area contributed by atoms with Crippen molar-refractivity contribution in [2.24, 2.45) is 7.05 Å². The maximum Gasteiger partial charge on any atom is 0.161 e. The normalized spacial score (nSPS) is 21.4. The molecule has 1 aliphatic rings. The van der Waals surface area contributed by atoms with Crippen LogP contribution in [0.2, 0.25) is 0 Å². The van der Waals surface area contributed by atoms with E-state index < -0.39 is 0 Å². The first kappa shape index (κ1) is 16.4. The molecule has 0 spiro atoms. The number of morpholine rings is 1. The van der Waals surface area contributed by atoms with Gasteiger partial charge in [-0.25, -0.2) is 9.97 Å². The van der Waals surface area contributed by atoms with E-state index in [-0.39, 0.29) is 12.1 Å². The summed E-state index contributed by atoms with van der Waals surface area (Å²) in [6.07, 6.45) is 6.75. The molecule has 8 heteroatoms. The first-order chi connectivity index (χ1) is 11.7. The van der Waals surface area contributed by atoms with Crippen molar-refractivity contribution in [3.8, 4) is 6.07 Å².